The summed E-state index contributed by atoms with van der Waals surface area (Å²) in [5.74, 6) is 0.731. The van der Waals surface area contributed by atoms with Gasteiger partial charge in [0.25, 0.3) is 5.91 Å². The number of nitrogens with zero attached hydrogens (tertiary/aromatic N) is 2. The van der Waals surface area contributed by atoms with Gasteiger partial charge in [-0.3, -0.25) is 4.79 Å². The Morgan fingerprint density at radius 3 is 2.39 bits per heavy atom. The SMILES string of the molecule is CC(C)N1CCC(c2ccccc2)(c2cc(CCOCCC=O)ccc2O)CC1.CC(C)OCCN(C)CCNCCc1ccc(O)c2c1OCC(=O)N2. The van der Waals surface area contributed by atoms with E-state index in [-0.39, 0.29) is 29.8 Å². The molecule has 0 radical (unpaired) electrons. The van der Waals surface area contributed by atoms with E-state index in [1.807, 2.05) is 38.1 Å². The quantitative estimate of drug-likeness (QED) is 0.0705. The van der Waals surface area contributed by atoms with Gasteiger partial charge >= 0.3 is 0 Å². The molecule has 2 aliphatic rings. The summed E-state index contributed by atoms with van der Waals surface area (Å²) < 4.78 is 16.6. The van der Waals surface area contributed by atoms with Gasteiger partial charge in [-0.2, -0.15) is 0 Å². The molecule has 4 N–H and O–H groups in total. The van der Waals surface area contributed by atoms with E-state index in [2.05, 4.69) is 71.7 Å². The number of rotatable bonds is 19. The van der Waals surface area contributed by atoms with Crippen LogP contribution in [-0.2, 0) is 37.3 Å². The molecule has 0 saturated carbocycles. The first-order valence-electron chi connectivity index (χ1n) is 19.5. The molecule has 1 fully saturated rings. The summed E-state index contributed by atoms with van der Waals surface area (Å²) in [7, 11) is 2.08. The molecule has 2 heterocycles. The number of aldehydes is 1. The van der Waals surface area contributed by atoms with E-state index in [4.69, 9.17) is 14.2 Å². The molecule has 2 aliphatic heterocycles. The van der Waals surface area contributed by atoms with Gasteiger partial charge in [0, 0.05) is 43.1 Å². The summed E-state index contributed by atoms with van der Waals surface area (Å²) in [6.07, 6.45) is 5.10. The molecule has 54 heavy (non-hydrogen) atoms. The van der Waals surface area contributed by atoms with Crippen molar-refractivity contribution >= 4 is 17.9 Å². The second kappa shape index (κ2) is 21.8. The van der Waals surface area contributed by atoms with Crippen LogP contribution in [-0.4, -0.2) is 117 Å². The van der Waals surface area contributed by atoms with Crippen molar-refractivity contribution in [1.82, 2.24) is 15.1 Å². The highest BCUT2D eigenvalue weighted by Gasteiger charge is 2.40. The number of fused-ring (bicyclic) bond motifs is 1. The highest BCUT2D eigenvalue weighted by atomic mass is 16.5. The van der Waals surface area contributed by atoms with Gasteiger partial charge in [0.1, 0.15) is 23.5 Å². The fourth-order valence-corrected chi connectivity index (χ4v) is 7.02. The van der Waals surface area contributed by atoms with E-state index in [1.54, 1.807) is 6.07 Å². The summed E-state index contributed by atoms with van der Waals surface area (Å²) in [4.78, 5) is 26.6. The Morgan fingerprint density at radius 2 is 1.69 bits per heavy atom. The molecule has 11 heteroatoms. The Labute approximate surface area is 322 Å². The van der Waals surface area contributed by atoms with Gasteiger partial charge in [-0.25, -0.2) is 0 Å². The van der Waals surface area contributed by atoms with Crippen LogP contribution >= 0.6 is 0 Å². The van der Waals surface area contributed by atoms with E-state index < -0.39 is 0 Å². The van der Waals surface area contributed by atoms with E-state index >= 15 is 0 Å². The predicted molar refractivity (Wildman–Crippen MR) is 214 cm³/mol. The van der Waals surface area contributed by atoms with Gasteiger partial charge < -0.3 is 49.7 Å². The van der Waals surface area contributed by atoms with Crippen LogP contribution in [0.1, 0.15) is 69.2 Å². The number of carbonyl (C=O) groups is 2. The lowest BCUT2D eigenvalue weighted by atomic mass is 9.67. The predicted octanol–water partition coefficient (Wildman–Crippen LogP) is 5.54. The van der Waals surface area contributed by atoms with Gasteiger partial charge in [-0.15, -0.1) is 0 Å². The zero-order valence-corrected chi connectivity index (χ0v) is 32.9. The van der Waals surface area contributed by atoms with Gasteiger partial charge in [0.15, 0.2) is 12.4 Å². The van der Waals surface area contributed by atoms with E-state index in [9.17, 15) is 19.8 Å². The Kier molecular flexibility index (Phi) is 17.2. The van der Waals surface area contributed by atoms with Gasteiger partial charge in [0.05, 0.1) is 25.9 Å². The smallest absolute Gasteiger partial charge is 0.262 e. The van der Waals surface area contributed by atoms with Gasteiger partial charge in [-0.1, -0.05) is 48.5 Å². The lowest BCUT2D eigenvalue weighted by Crippen LogP contribution is -2.45. The van der Waals surface area contributed by atoms with Crippen molar-refractivity contribution in [3.05, 3.63) is 82.9 Å². The second-order valence-corrected chi connectivity index (χ2v) is 14.8. The summed E-state index contributed by atoms with van der Waals surface area (Å²) in [5, 5.41) is 26.8. The highest BCUT2D eigenvalue weighted by molar-refractivity contribution is 5.97. The number of carbonyl (C=O) groups excluding carboxylic acids is 2. The topological polar surface area (TPSA) is 133 Å². The molecule has 0 aliphatic carbocycles. The Hall–Kier alpha value is -4.00. The van der Waals surface area contributed by atoms with Crippen LogP contribution in [0.5, 0.6) is 17.2 Å². The fraction of sp³-hybridized carbons (Fsp3) is 0.535. The minimum absolute atomic E-state index is 0.0138. The third-order valence-electron chi connectivity index (χ3n) is 10.2. The largest absolute Gasteiger partial charge is 0.508 e. The highest BCUT2D eigenvalue weighted by Crippen LogP contribution is 2.46. The Bertz CT molecular complexity index is 1590. The van der Waals surface area contributed by atoms with Crippen LogP contribution < -0.4 is 15.4 Å². The summed E-state index contributed by atoms with van der Waals surface area (Å²) >= 11 is 0. The fourth-order valence-electron chi connectivity index (χ4n) is 7.02. The molecule has 0 atom stereocenters. The summed E-state index contributed by atoms with van der Waals surface area (Å²) in [6.45, 7) is 15.9. The number of hydrogen-bond acceptors (Lipinski definition) is 10. The number of amides is 1. The number of aromatic hydroxyl groups is 2. The zero-order valence-electron chi connectivity index (χ0n) is 32.9. The summed E-state index contributed by atoms with van der Waals surface area (Å²) in [6, 6.07) is 20.5. The average molecular weight is 747 g/mol. The first-order valence-corrected chi connectivity index (χ1v) is 19.5. The Balaban J connectivity index is 0.000000244. The number of likely N-dealkylation sites (tertiary alicyclic amines) is 1. The molecule has 296 valence electrons. The molecule has 0 unspecified atom stereocenters. The number of ether oxygens (including phenoxy) is 3. The maximum atomic E-state index is 11.4. The van der Waals surface area contributed by atoms with Crippen LogP contribution in [0.25, 0.3) is 0 Å². The van der Waals surface area contributed by atoms with Gasteiger partial charge in [-0.05, 0) is 109 Å². The van der Waals surface area contributed by atoms with Crippen molar-refractivity contribution < 1.29 is 34.0 Å². The average Bonchev–Trinajstić information content (AvgIpc) is 3.16. The molecule has 3 aromatic rings. The molecule has 1 amide bonds. The van der Waals surface area contributed by atoms with Crippen LogP contribution in [0.15, 0.2) is 60.7 Å². The monoisotopic (exact) mass is 746 g/mol. The second-order valence-electron chi connectivity index (χ2n) is 14.8. The number of benzene rings is 3. The van der Waals surface area contributed by atoms with Crippen LogP contribution in [0, 0.1) is 0 Å². The normalized spacial score (nSPS) is 15.4. The molecule has 0 spiro atoms. The lowest BCUT2D eigenvalue weighted by Gasteiger charge is -2.44. The number of nitrogens with one attached hydrogen (secondary N) is 2. The van der Waals surface area contributed by atoms with Crippen molar-refractivity contribution in [2.24, 2.45) is 0 Å². The number of anilines is 1. The number of likely N-dealkylation sites (N-methyl/N-ethyl adjacent to an activating group) is 1. The molecule has 0 aromatic heterocycles. The van der Waals surface area contributed by atoms with E-state index in [1.165, 1.54) is 5.56 Å². The van der Waals surface area contributed by atoms with E-state index in [0.717, 1.165) is 94.5 Å². The molecule has 5 rings (SSSR count). The summed E-state index contributed by atoms with van der Waals surface area (Å²) in [5.41, 5.74) is 4.63. The number of phenols is 2. The zero-order chi connectivity index (χ0) is 38.9. The third kappa shape index (κ3) is 12.5. The van der Waals surface area contributed by atoms with Crippen molar-refractivity contribution in [2.45, 2.75) is 77.4 Å². The van der Waals surface area contributed by atoms with Crippen LogP contribution in [0.2, 0.25) is 0 Å². The number of piperidine rings is 1. The molecule has 0 bridgehead atoms. The van der Waals surface area contributed by atoms with Crippen LogP contribution in [0.3, 0.4) is 0 Å². The maximum absolute atomic E-state index is 11.4. The standard InChI is InChI=1S/C25H33NO3.C18H29N3O4/c1-20(2)26-14-12-25(13-15-26,22-7-4-3-5-8-22)23-19-21(9-10-24(23)28)11-18-29-17-6-16-27;1-13(2)24-11-10-21(3)9-8-19-7-6-14-4-5-15(22)17-18(14)25-12-16(23)20-17/h3-5,7-10,16,19-20,28H,6,11-15,17-18H2,1-2H3;4-5,13,19,22H,6-12H2,1-3H3,(H,20,23). The first-order chi connectivity index (χ1) is 26.0. The van der Waals surface area contributed by atoms with Crippen molar-refractivity contribution in [2.75, 3.05) is 78.1 Å². The van der Waals surface area contributed by atoms with Crippen molar-refractivity contribution in [3.8, 4) is 17.2 Å². The Morgan fingerprint density at radius 1 is 0.944 bits per heavy atom. The molecular weight excluding hydrogens is 684 g/mol. The van der Waals surface area contributed by atoms with Gasteiger partial charge in [0.2, 0.25) is 0 Å². The van der Waals surface area contributed by atoms with E-state index in [0.29, 0.717) is 42.9 Å². The minimum atomic E-state index is -0.248. The maximum Gasteiger partial charge on any atom is 0.262 e. The number of phenolic OH excluding ortho intramolecular Hbond substituents is 2. The number of hydrogen-bond donors (Lipinski definition) is 4. The first kappa shape index (κ1) is 42.7. The van der Waals surface area contributed by atoms with Crippen molar-refractivity contribution in [1.29, 1.82) is 0 Å². The minimum Gasteiger partial charge on any atom is -0.508 e. The molecule has 11 nitrogen and oxygen atoms in total. The molecular formula is C43H62N4O7. The third-order valence-corrected chi connectivity index (χ3v) is 10.2. The molecule has 3 aromatic carbocycles. The van der Waals surface area contributed by atoms with Crippen molar-refractivity contribution in [3.63, 3.8) is 0 Å². The van der Waals surface area contributed by atoms with Crippen LogP contribution in [0.4, 0.5) is 5.69 Å². The molecule has 1 saturated heterocycles. The lowest BCUT2D eigenvalue weighted by molar-refractivity contribution is -0.118.